The van der Waals surface area contributed by atoms with E-state index in [0.717, 1.165) is 32.8 Å². The normalized spacial score (nSPS) is 15.5. The maximum atomic E-state index is 11.9. The first-order chi connectivity index (χ1) is 10.6. The second kappa shape index (κ2) is 8.88. The molecule has 5 nitrogen and oxygen atoms in total. The third kappa shape index (κ3) is 5.75. The average molecular weight is 325 g/mol. The zero-order valence-electron chi connectivity index (χ0n) is 12.5. The number of benzene rings is 1. The Kier molecular flexibility index (Phi) is 6.83. The van der Waals surface area contributed by atoms with E-state index >= 15 is 0 Å². The van der Waals surface area contributed by atoms with Crippen molar-refractivity contribution in [2.75, 3.05) is 39.4 Å². The molecule has 1 fully saturated rings. The van der Waals surface area contributed by atoms with Crippen molar-refractivity contribution in [1.82, 2.24) is 10.2 Å². The van der Waals surface area contributed by atoms with Crippen LogP contribution in [0.4, 0.5) is 0 Å². The predicted molar refractivity (Wildman–Crippen MR) is 85.3 cm³/mol. The fourth-order valence-corrected chi connectivity index (χ4v) is 2.40. The van der Waals surface area contributed by atoms with Crippen molar-refractivity contribution in [2.24, 2.45) is 0 Å². The number of ketones is 1. The molecule has 0 saturated carbocycles. The summed E-state index contributed by atoms with van der Waals surface area (Å²) in [5.41, 5.74) is 0.588. The van der Waals surface area contributed by atoms with Crippen molar-refractivity contribution in [3.05, 3.63) is 34.9 Å². The Hall–Kier alpha value is -1.43. The molecule has 1 amide bonds. The van der Waals surface area contributed by atoms with Crippen molar-refractivity contribution in [3.63, 3.8) is 0 Å². The van der Waals surface area contributed by atoms with Gasteiger partial charge in [-0.2, -0.15) is 0 Å². The van der Waals surface area contributed by atoms with Crippen molar-refractivity contribution < 1.29 is 14.3 Å². The van der Waals surface area contributed by atoms with Crippen LogP contribution in [0.3, 0.4) is 0 Å². The lowest BCUT2D eigenvalue weighted by atomic mass is 10.1. The summed E-state index contributed by atoms with van der Waals surface area (Å²) in [6.45, 7) is 4.75. The first kappa shape index (κ1) is 16.9. The Bertz CT molecular complexity index is 499. The minimum atomic E-state index is -0.0874. The van der Waals surface area contributed by atoms with Gasteiger partial charge in [-0.3, -0.25) is 14.5 Å². The Morgan fingerprint density at radius 3 is 2.50 bits per heavy atom. The quantitative estimate of drug-likeness (QED) is 0.776. The molecule has 1 saturated heterocycles. The molecule has 6 heteroatoms. The number of halogens is 1. The molecule has 0 bridgehead atoms. The lowest BCUT2D eigenvalue weighted by Gasteiger charge is -2.26. The molecular weight excluding hydrogens is 304 g/mol. The zero-order chi connectivity index (χ0) is 15.8. The number of carbonyl (C=O) groups is 2. The minimum Gasteiger partial charge on any atom is -0.379 e. The SMILES string of the molecule is O=C(CCC(=O)c1ccc(Cl)cc1)NCCN1CCOCC1. The van der Waals surface area contributed by atoms with Crippen molar-refractivity contribution in [3.8, 4) is 0 Å². The highest BCUT2D eigenvalue weighted by Gasteiger charge is 2.11. The predicted octanol–water partition coefficient (Wildman–Crippen LogP) is 1.75. The molecule has 1 heterocycles. The zero-order valence-corrected chi connectivity index (χ0v) is 13.3. The number of nitrogens with one attached hydrogen (secondary N) is 1. The topological polar surface area (TPSA) is 58.6 Å². The maximum absolute atomic E-state index is 11.9. The van der Waals surface area contributed by atoms with E-state index in [1.54, 1.807) is 24.3 Å². The number of carbonyl (C=O) groups excluding carboxylic acids is 2. The third-order valence-electron chi connectivity index (χ3n) is 3.60. The first-order valence-electron chi connectivity index (χ1n) is 7.51. The smallest absolute Gasteiger partial charge is 0.220 e. The van der Waals surface area contributed by atoms with Crippen LogP contribution in [0.25, 0.3) is 0 Å². The fourth-order valence-electron chi connectivity index (χ4n) is 2.27. The molecule has 2 rings (SSSR count). The van der Waals surface area contributed by atoms with E-state index < -0.39 is 0 Å². The third-order valence-corrected chi connectivity index (χ3v) is 3.85. The van der Waals surface area contributed by atoms with Crippen LogP contribution in [0.2, 0.25) is 5.02 Å². The summed E-state index contributed by atoms with van der Waals surface area (Å²) in [6.07, 6.45) is 0.426. The molecular formula is C16H21ClN2O3. The van der Waals surface area contributed by atoms with Gasteiger partial charge in [-0.05, 0) is 24.3 Å². The lowest BCUT2D eigenvalue weighted by molar-refractivity contribution is -0.121. The first-order valence-corrected chi connectivity index (χ1v) is 7.88. The summed E-state index contributed by atoms with van der Waals surface area (Å²) in [7, 11) is 0. The highest BCUT2D eigenvalue weighted by molar-refractivity contribution is 6.30. The molecule has 0 unspecified atom stereocenters. The van der Waals surface area contributed by atoms with Crippen LogP contribution < -0.4 is 5.32 Å². The van der Waals surface area contributed by atoms with Crippen LogP contribution in [0, 0.1) is 0 Å². The van der Waals surface area contributed by atoms with Gasteiger partial charge in [0.1, 0.15) is 0 Å². The number of ether oxygens (including phenoxy) is 1. The van der Waals surface area contributed by atoms with Gasteiger partial charge >= 0.3 is 0 Å². The van der Waals surface area contributed by atoms with Crippen LogP contribution in [0.1, 0.15) is 23.2 Å². The second-order valence-electron chi connectivity index (χ2n) is 5.23. The summed E-state index contributed by atoms with van der Waals surface area (Å²) < 4.78 is 5.27. The summed E-state index contributed by atoms with van der Waals surface area (Å²) in [4.78, 5) is 25.9. The molecule has 1 aromatic carbocycles. The van der Waals surface area contributed by atoms with Gasteiger partial charge in [-0.1, -0.05) is 11.6 Å². The Labute approximate surface area is 135 Å². The highest BCUT2D eigenvalue weighted by Crippen LogP contribution is 2.11. The summed E-state index contributed by atoms with van der Waals surface area (Å²) in [5.74, 6) is -0.129. The van der Waals surface area contributed by atoms with Gasteiger partial charge in [-0.25, -0.2) is 0 Å². The Morgan fingerprint density at radius 2 is 1.82 bits per heavy atom. The highest BCUT2D eigenvalue weighted by atomic mass is 35.5. The van der Waals surface area contributed by atoms with E-state index in [1.807, 2.05) is 0 Å². The molecule has 1 N–H and O–H groups in total. The number of morpholine rings is 1. The van der Waals surface area contributed by atoms with Gasteiger partial charge in [0.05, 0.1) is 13.2 Å². The minimum absolute atomic E-state index is 0.0417. The van der Waals surface area contributed by atoms with E-state index in [1.165, 1.54) is 0 Å². The number of Topliss-reactive ketones (excluding diaryl/α,β-unsaturated/α-hetero) is 1. The van der Waals surface area contributed by atoms with Crippen LogP contribution in [0.15, 0.2) is 24.3 Å². The second-order valence-corrected chi connectivity index (χ2v) is 5.67. The monoisotopic (exact) mass is 324 g/mol. The number of amides is 1. The largest absolute Gasteiger partial charge is 0.379 e. The molecule has 22 heavy (non-hydrogen) atoms. The Morgan fingerprint density at radius 1 is 1.14 bits per heavy atom. The van der Waals surface area contributed by atoms with Gasteiger partial charge in [0.15, 0.2) is 5.78 Å². The van der Waals surface area contributed by atoms with Crippen molar-refractivity contribution >= 4 is 23.3 Å². The van der Waals surface area contributed by atoms with Gasteiger partial charge in [0, 0.05) is 49.6 Å². The molecule has 0 spiro atoms. The number of rotatable bonds is 7. The number of hydrogen-bond donors (Lipinski definition) is 1. The molecule has 0 radical (unpaired) electrons. The molecule has 1 aliphatic rings. The van der Waals surface area contributed by atoms with Crippen LogP contribution in [0.5, 0.6) is 0 Å². The summed E-state index contributed by atoms with van der Waals surface area (Å²) >= 11 is 5.78. The standard InChI is InChI=1S/C16H21ClN2O3/c17-14-3-1-13(2-4-14)15(20)5-6-16(21)18-7-8-19-9-11-22-12-10-19/h1-4H,5-12H2,(H,18,21). The van der Waals surface area contributed by atoms with Crippen LogP contribution >= 0.6 is 11.6 Å². The van der Waals surface area contributed by atoms with Gasteiger partial charge in [-0.15, -0.1) is 0 Å². The molecule has 0 aromatic heterocycles. The van der Waals surface area contributed by atoms with E-state index in [2.05, 4.69) is 10.2 Å². The summed E-state index contributed by atoms with van der Waals surface area (Å²) in [5, 5.41) is 3.45. The molecule has 1 aliphatic heterocycles. The van der Waals surface area contributed by atoms with E-state index in [0.29, 0.717) is 17.1 Å². The summed E-state index contributed by atoms with van der Waals surface area (Å²) in [6, 6.07) is 6.72. The fraction of sp³-hybridized carbons (Fsp3) is 0.500. The van der Waals surface area contributed by atoms with Gasteiger partial charge < -0.3 is 10.1 Å². The van der Waals surface area contributed by atoms with Crippen LogP contribution in [-0.4, -0.2) is 56.0 Å². The molecule has 120 valence electrons. The number of nitrogens with zero attached hydrogens (tertiary/aromatic N) is 1. The van der Waals surface area contributed by atoms with E-state index in [-0.39, 0.29) is 24.5 Å². The Balaban J connectivity index is 1.62. The van der Waals surface area contributed by atoms with Gasteiger partial charge in [0.25, 0.3) is 0 Å². The molecule has 0 atom stereocenters. The van der Waals surface area contributed by atoms with E-state index in [4.69, 9.17) is 16.3 Å². The van der Waals surface area contributed by atoms with Gasteiger partial charge in [0.2, 0.25) is 5.91 Å². The lowest BCUT2D eigenvalue weighted by Crippen LogP contribution is -2.41. The average Bonchev–Trinajstić information content (AvgIpc) is 2.54. The van der Waals surface area contributed by atoms with E-state index in [9.17, 15) is 9.59 Å². The maximum Gasteiger partial charge on any atom is 0.220 e. The molecule has 0 aliphatic carbocycles. The molecule has 1 aromatic rings. The van der Waals surface area contributed by atoms with Crippen LogP contribution in [-0.2, 0) is 9.53 Å². The number of hydrogen-bond acceptors (Lipinski definition) is 4. The van der Waals surface area contributed by atoms with Crippen molar-refractivity contribution in [2.45, 2.75) is 12.8 Å². The van der Waals surface area contributed by atoms with Crippen molar-refractivity contribution in [1.29, 1.82) is 0 Å².